The van der Waals surface area contributed by atoms with Crippen LogP contribution in [0, 0.1) is 13.8 Å². The van der Waals surface area contributed by atoms with Crippen LogP contribution in [0.4, 0.5) is 0 Å². The lowest BCUT2D eigenvalue weighted by molar-refractivity contribution is 0.169. The largest absolute Gasteiger partial charge is 0.469 e. The van der Waals surface area contributed by atoms with E-state index in [1.807, 2.05) is 32.0 Å². The molecule has 0 aromatic carbocycles. The number of aryl methyl sites for hydroxylation is 2. The minimum atomic E-state index is -0.597. The van der Waals surface area contributed by atoms with Crippen LogP contribution < -0.4 is 0 Å². The Morgan fingerprint density at radius 3 is 2.88 bits per heavy atom. The lowest BCUT2D eigenvalue weighted by atomic mass is 10.0. The van der Waals surface area contributed by atoms with Gasteiger partial charge in [-0.1, -0.05) is 0 Å². The third-order valence-electron chi connectivity index (χ3n) is 2.47. The molecule has 0 radical (unpaired) electrons. The van der Waals surface area contributed by atoms with E-state index in [2.05, 4.69) is 10.2 Å². The zero-order valence-electron chi connectivity index (χ0n) is 9.34. The number of nitrogens with zero attached hydrogens (tertiary/aromatic N) is 2. The molecule has 0 aliphatic carbocycles. The van der Waals surface area contributed by atoms with E-state index in [4.69, 9.17) is 4.42 Å². The highest BCUT2D eigenvalue weighted by atomic mass is 16.3. The molecule has 0 spiro atoms. The summed E-state index contributed by atoms with van der Waals surface area (Å²) in [5.74, 6) is 0.765. The minimum Gasteiger partial charge on any atom is -0.469 e. The first-order valence-electron chi connectivity index (χ1n) is 5.18. The molecule has 16 heavy (non-hydrogen) atoms. The van der Waals surface area contributed by atoms with Gasteiger partial charge in [0.2, 0.25) is 0 Å². The summed E-state index contributed by atoms with van der Waals surface area (Å²) in [6.07, 6.45) is 1.46. The summed E-state index contributed by atoms with van der Waals surface area (Å²) in [6.45, 7) is 3.70. The molecular weight excluding hydrogens is 204 g/mol. The van der Waals surface area contributed by atoms with Gasteiger partial charge >= 0.3 is 0 Å². The van der Waals surface area contributed by atoms with Gasteiger partial charge in [0.1, 0.15) is 5.76 Å². The van der Waals surface area contributed by atoms with Gasteiger partial charge in [0.15, 0.2) is 0 Å². The molecule has 1 atom stereocenters. The standard InChI is InChI=1S/C12H14N2O2/c1-8-6-11(9(2)14-13-8)12(15)7-10-4-3-5-16-10/h3-6,12,15H,7H2,1-2H3. The summed E-state index contributed by atoms with van der Waals surface area (Å²) in [6, 6.07) is 5.51. The molecule has 0 amide bonds. The van der Waals surface area contributed by atoms with E-state index in [0.717, 1.165) is 22.7 Å². The van der Waals surface area contributed by atoms with Crippen molar-refractivity contribution in [2.75, 3.05) is 0 Å². The SMILES string of the molecule is Cc1cc(C(O)Cc2ccco2)c(C)nn1. The van der Waals surface area contributed by atoms with E-state index in [9.17, 15) is 5.11 Å². The van der Waals surface area contributed by atoms with Crippen LogP contribution in [0.15, 0.2) is 28.9 Å². The maximum absolute atomic E-state index is 10.1. The number of furan rings is 1. The van der Waals surface area contributed by atoms with Crippen molar-refractivity contribution in [2.45, 2.75) is 26.4 Å². The molecule has 1 N–H and O–H groups in total. The number of hydrogen-bond acceptors (Lipinski definition) is 4. The van der Waals surface area contributed by atoms with Crippen LogP contribution in [0.25, 0.3) is 0 Å². The van der Waals surface area contributed by atoms with Crippen LogP contribution in [0.2, 0.25) is 0 Å². The van der Waals surface area contributed by atoms with Crippen molar-refractivity contribution in [3.05, 3.63) is 47.2 Å². The summed E-state index contributed by atoms with van der Waals surface area (Å²) < 4.78 is 5.20. The normalized spacial score (nSPS) is 12.7. The second-order valence-electron chi connectivity index (χ2n) is 3.83. The maximum atomic E-state index is 10.1. The fourth-order valence-electron chi connectivity index (χ4n) is 1.64. The van der Waals surface area contributed by atoms with Crippen LogP contribution in [0.1, 0.15) is 28.8 Å². The molecule has 2 rings (SSSR count). The first-order valence-corrected chi connectivity index (χ1v) is 5.18. The Morgan fingerprint density at radius 1 is 1.38 bits per heavy atom. The van der Waals surface area contributed by atoms with E-state index in [1.165, 1.54) is 0 Å². The Balaban J connectivity index is 2.20. The monoisotopic (exact) mass is 218 g/mol. The Kier molecular flexibility index (Phi) is 3.01. The van der Waals surface area contributed by atoms with Crippen molar-refractivity contribution in [1.82, 2.24) is 10.2 Å². The number of aromatic nitrogens is 2. The first-order chi connectivity index (χ1) is 7.66. The average molecular weight is 218 g/mol. The quantitative estimate of drug-likeness (QED) is 0.855. The maximum Gasteiger partial charge on any atom is 0.106 e. The van der Waals surface area contributed by atoms with E-state index < -0.39 is 6.10 Å². The van der Waals surface area contributed by atoms with Gasteiger partial charge in [0.25, 0.3) is 0 Å². The van der Waals surface area contributed by atoms with Crippen molar-refractivity contribution < 1.29 is 9.52 Å². The van der Waals surface area contributed by atoms with Gasteiger partial charge in [-0.05, 0) is 32.0 Å². The molecule has 2 heterocycles. The average Bonchev–Trinajstić information content (AvgIpc) is 2.74. The van der Waals surface area contributed by atoms with Gasteiger partial charge in [-0.2, -0.15) is 10.2 Å². The molecule has 2 aromatic rings. The predicted molar refractivity (Wildman–Crippen MR) is 58.9 cm³/mol. The minimum absolute atomic E-state index is 0.457. The third kappa shape index (κ3) is 2.28. The van der Waals surface area contributed by atoms with Crippen molar-refractivity contribution in [1.29, 1.82) is 0 Å². The van der Waals surface area contributed by atoms with Crippen LogP contribution in [0.3, 0.4) is 0 Å². The molecule has 0 saturated heterocycles. The van der Waals surface area contributed by atoms with Crippen molar-refractivity contribution in [3.63, 3.8) is 0 Å². The second-order valence-corrected chi connectivity index (χ2v) is 3.83. The summed E-state index contributed by atoms with van der Waals surface area (Å²) in [5, 5.41) is 18.0. The number of aliphatic hydroxyl groups excluding tert-OH is 1. The molecule has 0 saturated carbocycles. The van der Waals surface area contributed by atoms with E-state index in [1.54, 1.807) is 6.26 Å². The first kappa shape index (κ1) is 10.8. The van der Waals surface area contributed by atoms with Crippen LogP contribution in [0.5, 0.6) is 0 Å². The number of aliphatic hydroxyl groups is 1. The van der Waals surface area contributed by atoms with E-state index in [0.29, 0.717) is 6.42 Å². The Labute approximate surface area is 93.9 Å². The van der Waals surface area contributed by atoms with Crippen molar-refractivity contribution in [2.24, 2.45) is 0 Å². The highest BCUT2D eigenvalue weighted by Gasteiger charge is 2.14. The van der Waals surface area contributed by atoms with Crippen LogP contribution in [-0.2, 0) is 6.42 Å². The molecule has 0 bridgehead atoms. The fraction of sp³-hybridized carbons (Fsp3) is 0.333. The second kappa shape index (κ2) is 4.45. The molecule has 84 valence electrons. The van der Waals surface area contributed by atoms with E-state index in [-0.39, 0.29) is 0 Å². The molecule has 2 aromatic heterocycles. The Hall–Kier alpha value is -1.68. The van der Waals surface area contributed by atoms with Gasteiger partial charge < -0.3 is 9.52 Å². The van der Waals surface area contributed by atoms with Crippen molar-refractivity contribution in [3.8, 4) is 0 Å². The molecular formula is C12H14N2O2. The van der Waals surface area contributed by atoms with Gasteiger partial charge in [0, 0.05) is 12.0 Å². The summed E-state index contributed by atoms with van der Waals surface area (Å²) in [4.78, 5) is 0. The smallest absolute Gasteiger partial charge is 0.106 e. The molecule has 0 aliphatic rings. The lowest BCUT2D eigenvalue weighted by Crippen LogP contribution is -2.06. The Morgan fingerprint density at radius 2 is 2.19 bits per heavy atom. The topological polar surface area (TPSA) is 59.2 Å². The van der Waals surface area contributed by atoms with Crippen molar-refractivity contribution >= 4 is 0 Å². The molecule has 4 nitrogen and oxygen atoms in total. The molecule has 4 heteroatoms. The molecule has 0 fully saturated rings. The molecule has 0 aliphatic heterocycles. The van der Waals surface area contributed by atoms with E-state index >= 15 is 0 Å². The lowest BCUT2D eigenvalue weighted by Gasteiger charge is -2.11. The van der Waals surface area contributed by atoms with Gasteiger partial charge in [-0.3, -0.25) is 0 Å². The van der Waals surface area contributed by atoms with Gasteiger partial charge in [-0.15, -0.1) is 0 Å². The van der Waals surface area contributed by atoms with Gasteiger partial charge in [-0.25, -0.2) is 0 Å². The predicted octanol–water partition coefficient (Wildman–Crippen LogP) is 1.96. The van der Waals surface area contributed by atoms with Gasteiger partial charge in [0.05, 0.1) is 23.8 Å². The zero-order valence-corrected chi connectivity index (χ0v) is 9.34. The van der Waals surface area contributed by atoms with Crippen LogP contribution in [-0.4, -0.2) is 15.3 Å². The summed E-state index contributed by atoms with van der Waals surface area (Å²) in [5.41, 5.74) is 2.37. The highest BCUT2D eigenvalue weighted by Crippen LogP contribution is 2.20. The fourth-order valence-corrected chi connectivity index (χ4v) is 1.64. The number of rotatable bonds is 3. The number of hydrogen-bond donors (Lipinski definition) is 1. The van der Waals surface area contributed by atoms with Crippen LogP contribution >= 0.6 is 0 Å². The third-order valence-corrected chi connectivity index (χ3v) is 2.47. The summed E-state index contributed by atoms with van der Waals surface area (Å²) in [7, 11) is 0. The zero-order chi connectivity index (χ0) is 11.5. The highest BCUT2D eigenvalue weighted by molar-refractivity contribution is 5.23. The summed E-state index contributed by atoms with van der Waals surface area (Å²) >= 11 is 0. The Bertz CT molecular complexity index is 466. The molecule has 1 unspecified atom stereocenters.